The lowest BCUT2D eigenvalue weighted by atomic mass is 10.1. The van der Waals surface area contributed by atoms with Gasteiger partial charge >= 0.3 is 0 Å². The Hall–Kier alpha value is -1.03. The summed E-state index contributed by atoms with van der Waals surface area (Å²) in [7, 11) is 0. The predicted octanol–water partition coefficient (Wildman–Crippen LogP) is 5.27. The summed E-state index contributed by atoms with van der Waals surface area (Å²) in [6.07, 6.45) is 2.15. The van der Waals surface area contributed by atoms with Crippen LogP contribution in [0.2, 0.25) is 8.67 Å². The molecule has 2 aromatic rings. The monoisotopic (exact) mass is 328 g/mol. The van der Waals surface area contributed by atoms with Crippen LogP contribution in [0.25, 0.3) is 0 Å². The van der Waals surface area contributed by atoms with Gasteiger partial charge in [-0.05, 0) is 30.2 Å². The van der Waals surface area contributed by atoms with Crippen molar-refractivity contribution in [3.63, 3.8) is 0 Å². The molecule has 0 aliphatic heterocycles. The maximum absolute atomic E-state index is 12.0. The molecule has 0 saturated heterocycles. The third kappa shape index (κ3) is 3.98. The molecule has 0 amide bonds. The second-order valence-corrected chi connectivity index (χ2v) is 6.63. The predicted molar refractivity (Wildman–Crippen MR) is 84.6 cm³/mol. The Morgan fingerprint density at radius 3 is 2.50 bits per heavy atom. The fourth-order valence-corrected chi connectivity index (χ4v) is 3.30. The number of rotatable bonds is 6. The lowest BCUT2D eigenvalue weighted by Gasteiger charge is -2.06. The Morgan fingerprint density at radius 1 is 1.25 bits per heavy atom. The molecular formula is C15H14Cl2O2S. The highest BCUT2D eigenvalue weighted by atomic mass is 35.5. The van der Waals surface area contributed by atoms with E-state index in [1.165, 1.54) is 16.9 Å². The first kappa shape index (κ1) is 15.4. The summed E-state index contributed by atoms with van der Waals surface area (Å²) >= 11 is 12.9. The van der Waals surface area contributed by atoms with Crippen LogP contribution in [0.15, 0.2) is 30.3 Å². The molecule has 0 N–H and O–H groups in total. The third-order valence-electron chi connectivity index (χ3n) is 2.79. The van der Waals surface area contributed by atoms with Crippen molar-refractivity contribution in [2.24, 2.45) is 0 Å². The molecule has 106 valence electrons. The second-order valence-electron chi connectivity index (χ2n) is 4.34. The Balaban J connectivity index is 1.94. The molecule has 0 unspecified atom stereocenters. The Labute approximate surface area is 132 Å². The zero-order chi connectivity index (χ0) is 14.5. The average molecular weight is 329 g/mol. The number of ketones is 1. The van der Waals surface area contributed by atoms with Gasteiger partial charge in [0.05, 0.1) is 9.90 Å². The molecule has 0 saturated carbocycles. The SMILES string of the molecule is CCCc1ccc(OCC(=O)c2cc(Cl)sc2Cl)cc1. The highest BCUT2D eigenvalue weighted by Gasteiger charge is 2.14. The number of hydrogen-bond donors (Lipinski definition) is 0. The van der Waals surface area contributed by atoms with Crippen LogP contribution < -0.4 is 4.74 Å². The number of benzene rings is 1. The van der Waals surface area contributed by atoms with Crippen molar-refractivity contribution in [1.29, 1.82) is 0 Å². The number of Topliss-reactive ketones (excluding diaryl/α,β-unsaturated/α-hetero) is 1. The van der Waals surface area contributed by atoms with E-state index in [2.05, 4.69) is 6.92 Å². The zero-order valence-corrected chi connectivity index (χ0v) is 13.3. The van der Waals surface area contributed by atoms with E-state index in [-0.39, 0.29) is 12.4 Å². The smallest absolute Gasteiger partial charge is 0.202 e. The van der Waals surface area contributed by atoms with Crippen LogP contribution in [0.5, 0.6) is 5.75 Å². The maximum atomic E-state index is 12.0. The van der Waals surface area contributed by atoms with Crippen LogP contribution in [-0.2, 0) is 6.42 Å². The van der Waals surface area contributed by atoms with E-state index in [1.807, 2.05) is 24.3 Å². The van der Waals surface area contributed by atoms with Gasteiger partial charge < -0.3 is 4.74 Å². The number of carbonyl (C=O) groups excluding carboxylic acids is 1. The van der Waals surface area contributed by atoms with Gasteiger partial charge in [-0.25, -0.2) is 0 Å². The van der Waals surface area contributed by atoms with E-state index in [0.717, 1.165) is 12.8 Å². The molecule has 1 aromatic heterocycles. The van der Waals surface area contributed by atoms with E-state index >= 15 is 0 Å². The van der Waals surface area contributed by atoms with Gasteiger partial charge in [0, 0.05) is 0 Å². The molecule has 0 aliphatic rings. The van der Waals surface area contributed by atoms with E-state index < -0.39 is 0 Å². The Bertz CT molecular complexity index is 590. The molecule has 1 aromatic carbocycles. The van der Waals surface area contributed by atoms with Gasteiger partial charge in [0.2, 0.25) is 5.78 Å². The summed E-state index contributed by atoms with van der Waals surface area (Å²) in [5, 5.41) is 0. The number of hydrogen-bond acceptors (Lipinski definition) is 3. The molecular weight excluding hydrogens is 315 g/mol. The van der Waals surface area contributed by atoms with Crippen molar-refractivity contribution in [3.05, 3.63) is 50.1 Å². The molecule has 5 heteroatoms. The number of carbonyl (C=O) groups is 1. The van der Waals surface area contributed by atoms with Crippen LogP contribution in [0.3, 0.4) is 0 Å². The van der Waals surface area contributed by atoms with E-state index in [9.17, 15) is 4.79 Å². The second kappa shape index (κ2) is 7.11. The average Bonchev–Trinajstić information content (AvgIpc) is 2.77. The number of halogens is 2. The molecule has 2 nitrogen and oxygen atoms in total. The third-order valence-corrected chi connectivity index (χ3v) is 4.28. The van der Waals surface area contributed by atoms with Crippen molar-refractivity contribution in [2.75, 3.05) is 6.61 Å². The highest BCUT2D eigenvalue weighted by Crippen LogP contribution is 2.31. The largest absolute Gasteiger partial charge is 0.485 e. The van der Waals surface area contributed by atoms with Crippen molar-refractivity contribution in [3.8, 4) is 5.75 Å². The molecule has 0 aliphatic carbocycles. The van der Waals surface area contributed by atoms with E-state index in [0.29, 0.717) is 20.0 Å². The van der Waals surface area contributed by atoms with Crippen LogP contribution in [-0.4, -0.2) is 12.4 Å². The summed E-state index contributed by atoms with van der Waals surface area (Å²) in [5.41, 5.74) is 1.68. The molecule has 2 rings (SSSR count). The first-order chi connectivity index (χ1) is 9.60. The minimum atomic E-state index is -0.171. The van der Waals surface area contributed by atoms with Gasteiger partial charge in [0.15, 0.2) is 6.61 Å². The quantitative estimate of drug-likeness (QED) is 0.675. The standard InChI is InChI=1S/C15H14Cl2O2S/c1-2-3-10-4-6-11(7-5-10)19-9-13(18)12-8-14(16)20-15(12)17/h4-8H,2-3,9H2,1H3. The van der Waals surface area contributed by atoms with E-state index in [1.54, 1.807) is 6.07 Å². The van der Waals surface area contributed by atoms with Gasteiger partial charge in [-0.1, -0.05) is 48.7 Å². The van der Waals surface area contributed by atoms with Crippen molar-refractivity contribution in [2.45, 2.75) is 19.8 Å². The number of ether oxygens (including phenoxy) is 1. The molecule has 1 heterocycles. The van der Waals surface area contributed by atoms with Gasteiger partial charge in [0.25, 0.3) is 0 Å². The topological polar surface area (TPSA) is 26.3 Å². The van der Waals surface area contributed by atoms with Crippen LogP contribution in [0.4, 0.5) is 0 Å². The Morgan fingerprint density at radius 2 is 1.95 bits per heavy atom. The molecule has 20 heavy (non-hydrogen) atoms. The van der Waals surface area contributed by atoms with Gasteiger partial charge in [0.1, 0.15) is 10.1 Å². The summed E-state index contributed by atoms with van der Waals surface area (Å²) in [6, 6.07) is 9.35. The van der Waals surface area contributed by atoms with Crippen LogP contribution in [0, 0.1) is 0 Å². The fraction of sp³-hybridized carbons (Fsp3) is 0.267. The van der Waals surface area contributed by atoms with Gasteiger partial charge in [-0.3, -0.25) is 4.79 Å². The lowest BCUT2D eigenvalue weighted by molar-refractivity contribution is 0.0922. The van der Waals surface area contributed by atoms with Crippen molar-refractivity contribution < 1.29 is 9.53 Å². The zero-order valence-electron chi connectivity index (χ0n) is 11.0. The van der Waals surface area contributed by atoms with Crippen LogP contribution in [0.1, 0.15) is 29.3 Å². The van der Waals surface area contributed by atoms with Gasteiger partial charge in [-0.2, -0.15) is 0 Å². The molecule has 0 spiro atoms. The van der Waals surface area contributed by atoms with Crippen LogP contribution >= 0.6 is 34.5 Å². The Kier molecular flexibility index (Phi) is 5.46. The lowest BCUT2D eigenvalue weighted by Crippen LogP contribution is -2.11. The highest BCUT2D eigenvalue weighted by molar-refractivity contribution is 7.20. The molecule has 0 radical (unpaired) electrons. The number of aryl methyl sites for hydroxylation is 1. The maximum Gasteiger partial charge on any atom is 0.202 e. The molecule has 0 atom stereocenters. The minimum Gasteiger partial charge on any atom is -0.485 e. The summed E-state index contributed by atoms with van der Waals surface area (Å²) in [5.74, 6) is 0.506. The summed E-state index contributed by atoms with van der Waals surface area (Å²) in [4.78, 5) is 12.0. The molecule has 0 bridgehead atoms. The summed E-state index contributed by atoms with van der Waals surface area (Å²) in [6.45, 7) is 2.10. The van der Waals surface area contributed by atoms with Crippen molar-refractivity contribution in [1.82, 2.24) is 0 Å². The normalized spacial score (nSPS) is 10.6. The first-order valence-corrected chi connectivity index (χ1v) is 7.87. The number of thiophene rings is 1. The van der Waals surface area contributed by atoms with E-state index in [4.69, 9.17) is 27.9 Å². The minimum absolute atomic E-state index is 0.0418. The molecule has 0 fully saturated rings. The van der Waals surface area contributed by atoms with Gasteiger partial charge in [-0.15, -0.1) is 11.3 Å². The van der Waals surface area contributed by atoms with Crippen molar-refractivity contribution >= 4 is 40.3 Å². The fourth-order valence-electron chi connectivity index (χ4n) is 1.80. The summed E-state index contributed by atoms with van der Waals surface area (Å²) < 4.78 is 6.38. The first-order valence-electron chi connectivity index (χ1n) is 6.30.